The molecule has 100 valence electrons. The molecule has 0 amide bonds. The largest absolute Gasteiger partial charge is 0.326 e. The predicted octanol–water partition coefficient (Wildman–Crippen LogP) is 2.48. The minimum atomic E-state index is 0.0128. The fraction of sp³-hybridized carbons (Fsp3) is 0.643. The van der Waals surface area contributed by atoms with Gasteiger partial charge in [-0.3, -0.25) is 4.79 Å². The summed E-state index contributed by atoms with van der Waals surface area (Å²) >= 11 is 1.88. The van der Waals surface area contributed by atoms with Crippen molar-refractivity contribution in [1.82, 2.24) is 10.3 Å². The van der Waals surface area contributed by atoms with Crippen molar-refractivity contribution in [2.24, 2.45) is 0 Å². The summed E-state index contributed by atoms with van der Waals surface area (Å²) in [5, 5.41) is 3.65. The zero-order chi connectivity index (χ0) is 13.2. The smallest absolute Gasteiger partial charge is 0.248 e. The number of fused-ring (bicyclic) bond motifs is 1. The number of aryl methyl sites for hydroxylation is 1. The van der Waals surface area contributed by atoms with Gasteiger partial charge in [-0.05, 0) is 44.9 Å². The summed E-state index contributed by atoms with van der Waals surface area (Å²) < 4.78 is 0.250. The molecule has 0 saturated carbocycles. The number of H-pyrrole nitrogens is 1. The molecule has 0 saturated heterocycles. The summed E-state index contributed by atoms with van der Waals surface area (Å²) in [4.78, 5) is 14.3. The minimum absolute atomic E-state index is 0.0128. The van der Waals surface area contributed by atoms with Crippen molar-refractivity contribution in [2.75, 3.05) is 12.8 Å². The molecule has 1 aliphatic carbocycles. The van der Waals surface area contributed by atoms with Gasteiger partial charge in [0, 0.05) is 29.1 Å². The second-order valence-electron chi connectivity index (χ2n) is 5.55. The molecule has 0 aromatic carbocycles. The zero-order valence-corrected chi connectivity index (χ0v) is 12.2. The van der Waals surface area contributed by atoms with Gasteiger partial charge in [0.05, 0.1) is 0 Å². The molecule has 1 unspecified atom stereocenters. The van der Waals surface area contributed by atoms with Gasteiger partial charge in [-0.25, -0.2) is 0 Å². The molecule has 1 atom stereocenters. The van der Waals surface area contributed by atoms with Gasteiger partial charge in [-0.1, -0.05) is 6.07 Å². The van der Waals surface area contributed by atoms with Crippen molar-refractivity contribution in [2.45, 2.75) is 43.9 Å². The minimum Gasteiger partial charge on any atom is -0.326 e. The lowest BCUT2D eigenvalue weighted by molar-refractivity contribution is 0.435. The van der Waals surface area contributed by atoms with Crippen molar-refractivity contribution in [1.29, 1.82) is 0 Å². The molecule has 1 aromatic heterocycles. The zero-order valence-electron chi connectivity index (χ0n) is 11.4. The van der Waals surface area contributed by atoms with Crippen LogP contribution in [0.3, 0.4) is 0 Å². The van der Waals surface area contributed by atoms with Crippen LogP contribution < -0.4 is 10.9 Å². The molecule has 0 bridgehead atoms. The Morgan fingerprint density at radius 1 is 1.50 bits per heavy atom. The Hall–Kier alpha value is -0.740. The first-order valence-corrected chi connectivity index (χ1v) is 7.75. The van der Waals surface area contributed by atoms with Crippen molar-refractivity contribution in [3.8, 4) is 0 Å². The lowest BCUT2D eigenvalue weighted by Crippen LogP contribution is -2.36. The molecular weight excluding hydrogens is 244 g/mol. The van der Waals surface area contributed by atoms with Crippen molar-refractivity contribution in [3.05, 3.63) is 33.7 Å². The molecule has 0 aliphatic heterocycles. The third kappa shape index (κ3) is 3.18. The van der Waals surface area contributed by atoms with Crippen LogP contribution in [0.15, 0.2) is 16.9 Å². The summed E-state index contributed by atoms with van der Waals surface area (Å²) in [6.45, 7) is 5.49. The first kappa shape index (κ1) is 13.7. The van der Waals surface area contributed by atoms with Crippen LogP contribution in [0.4, 0.5) is 0 Å². The Morgan fingerprint density at radius 2 is 2.28 bits per heavy atom. The predicted molar refractivity (Wildman–Crippen MR) is 78.3 cm³/mol. The third-order valence-corrected chi connectivity index (χ3v) is 4.91. The van der Waals surface area contributed by atoms with Gasteiger partial charge in [-0.15, -0.1) is 0 Å². The molecule has 0 spiro atoms. The topological polar surface area (TPSA) is 44.9 Å². The number of aromatic amines is 1. The molecule has 3 nitrogen and oxygen atoms in total. The fourth-order valence-corrected chi connectivity index (χ4v) is 2.58. The summed E-state index contributed by atoms with van der Waals surface area (Å²) in [6, 6.07) is 4.01. The van der Waals surface area contributed by atoms with E-state index in [0.29, 0.717) is 6.04 Å². The van der Waals surface area contributed by atoms with E-state index in [9.17, 15) is 4.79 Å². The molecule has 4 heteroatoms. The normalized spacial score (nSPS) is 19.6. The maximum absolute atomic E-state index is 11.3. The van der Waals surface area contributed by atoms with Gasteiger partial charge in [0.25, 0.3) is 0 Å². The van der Waals surface area contributed by atoms with E-state index < -0.39 is 0 Å². The lowest BCUT2D eigenvalue weighted by Gasteiger charge is -2.30. The highest BCUT2D eigenvalue weighted by atomic mass is 32.2. The number of thioether (sulfide) groups is 1. The van der Waals surface area contributed by atoms with Gasteiger partial charge >= 0.3 is 0 Å². The highest BCUT2D eigenvalue weighted by molar-refractivity contribution is 7.99. The first-order valence-electron chi connectivity index (χ1n) is 6.52. The number of aromatic nitrogens is 1. The van der Waals surface area contributed by atoms with Gasteiger partial charge in [-0.2, -0.15) is 11.8 Å². The van der Waals surface area contributed by atoms with E-state index in [2.05, 4.69) is 30.4 Å². The highest BCUT2D eigenvalue weighted by Crippen LogP contribution is 2.29. The lowest BCUT2D eigenvalue weighted by atomic mass is 9.91. The summed E-state index contributed by atoms with van der Waals surface area (Å²) in [5.41, 5.74) is 2.41. The number of hydrogen-bond acceptors (Lipinski definition) is 3. The van der Waals surface area contributed by atoms with E-state index in [1.807, 2.05) is 17.8 Å². The van der Waals surface area contributed by atoms with E-state index in [1.54, 1.807) is 6.07 Å². The second-order valence-corrected chi connectivity index (χ2v) is 7.06. The Kier molecular flexibility index (Phi) is 4.17. The molecular formula is C14H22N2OS. The van der Waals surface area contributed by atoms with Crippen molar-refractivity contribution >= 4 is 11.8 Å². The number of pyridine rings is 1. The van der Waals surface area contributed by atoms with Crippen LogP contribution in [0.2, 0.25) is 0 Å². The van der Waals surface area contributed by atoms with E-state index >= 15 is 0 Å². The van der Waals surface area contributed by atoms with E-state index in [-0.39, 0.29) is 10.3 Å². The van der Waals surface area contributed by atoms with Gasteiger partial charge in [0.15, 0.2) is 0 Å². The van der Waals surface area contributed by atoms with Crippen LogP contribution in [0.1, 0.15) is 44.0 Å². The quantitative estimate of drug-likeness (QED) is 0.880. The Labute approximate surface area is 113 Å². The second kappa shape index (κ2) is 5.49. The van der Waals surface area contributed by atoms with Crippen LogP contribution in [0, 0.1) is 0 Å². The van der Waals surface area contributed by atoms with Crippen LogP contribution >= 0.6 is 11.8 Å². The summed E-state index contributed by atoms with van der Waals surface area (Å²) in [7, 11) is 0. The van der Waals surface area contributed by atoms with Crippen molar-refractivity contribution in [3.63, 3.8) is 0 Å². The molecule has 0 fully saturated rings. The number of hydrogen-bond donors (Lipinski definition) is 2. The average molecular weight is 266 g/mol. The Balaban J connectivity index is 2.11. The average Bonchev–Trinajstić information content (AvgIpc) is 2.36. The Morgan fingerprint density at radius 3 is 3.00 bits per heavy atom. The van der Waals surface area contributed by atoms with Crippen LogP contribution in [0.5, 0.6) is 0 Å². The molecule has 1 aromatic rings. The van der Waals surface area contributed by atoms with Crippen LogP contribution in [-0.4, -0.2) is 22.5 Å². The van der Waals surface area contributed by atoms with Crippen LogP contribution in [0.25, 0.3) is 0 Å². The molecule has 18 heavy (non-hydrogen) atoms. The first-order chi connectivity index (χ1) is 8.52. The van der Waals surface area contributed by atoms with E-state index in [0.717, 1.165) is 31.5 Å². The standard InChI is InChI=1S/C14H22N2OS/c1-14(2,18-3)9-15-11-5-4-6-12-10(11)7-8-13(17)16-12/h7-8,11,15H,4-6,9H2,1-3H3,(H,16,17). The van der Waals surface area contributed by atoms with Gasteiger partial charge in [0.2, 0.25) is 5.56 Å². The fourth-order valence-electron chi connectivity index (χ4n) is 2.35. The van der Waals surface area contributed by atoms with E-state index in [1.165, 1.54) is 5.56 Å². The summed E-state index contributed by atoms with van der Waals surface area (Å²) in [5.74, 6) is 0. The SMILES string of the molecule is CSC(C)(C)CNC1CCCc2[nH]c(=O)ccc21. The van der Waals surface area contributed by atoms with Gasteiger partial charge < -0.3 is 10.3 Å². The molecule has 2 rings (SSSR count). The number of nitrogens with one attached hydrogen (secondary N) is 2. The molecule has 1 heterocycles. The highest BCUT2D eigenvalue weighted by Gasteiger charge is 2.23. The monoisotopic (exact) mass is 266 g/mol. The van der Waals surface area contributed by atoms with Gasteiger partial charge in [0.1, 0.15) is 0 Å². The van der Waals surface area contributed by atoms with Crippen molar-refractivity contribution < 1.29 is 0 Å². The maximum Gasteiger partial charge on any atom is 0.248 e. The van der Waals surface area contributed by atoms with E-state index in [4.69, 9.17) is 0 Å². The summed E-state index contributed by atoms with van der Waals surface area (Å²) in [6.07, 6.45) is 5.44. The third-order valence-electron chi connectivity index (χ3n) is 3.66. The Bertz CT molecular complexity index is 467. The maximum atomic E-state index is 11.3. The molecule has 1 aliphatic rings. The van der Waals surface area contributed by atoms with Crippen LogP contribution in [-0.2, 0) is 6.42 Å². The molecule has 2 N–H and O–H groups in total. The number of rotatable bonds is 4. The molecule has 0 radical (unpaired) electrons.